The molecular weight excluding hydrogens is 228 g/mol. The van der Waals surface area contributed by atoms with Crippen LogP contribution in [-0.4, -0.2) is 21.9 Å². The maximum atomic E-state index is 11.8. The molecule has 2 heterocycles. The lowest BCUT2D eigenvalue weighted by atomic mass is 10.3. The summed E-state index contributed by atoms with van der Waals surface area (Å²) in [6.45, 7) is 4.09. The van der Waals surface area contributed by atoms with E-state index in [0.29, 0.717) is 17.4 Å². The van der Waals surface area contributed by atoms with Gasteiger partial charge in [0.2, 0.25) is 0 Å². The van der Waals surface area contributed by atoms with Crippen molar-refractivity contribution in [2.75, 3.05) is 10.6 Å². The van der Waals surface area contributed by atoms with Crippen LogP contribution in [0.5, 0.6) is 0 Å². The topological polar surface area (TPSA) is 69.8 Å². The van der Waals surface area contributed by atoms with E-state index in [1.807, 2.05) is 26.0 Å². The molecule has 1 amide bonds. The molecule has 0 aliphatic rings. The normalized spacial score (nSPS) is 10.4. The zero-order valence-electron chi connectivity index (χ0n) is 10.4. The number of hydrogen-bond acceptors (Lipinski definition) is 3. The number of rotatable bonds is 4. The highest BCUT2D eigenvalue weighted by Crippen LogP contribution is 2.11. The number of nitrogens with one attached hydrogen (secondary N) is 3. The predicted octanol–water partition coefficient (Wildman–Crippen LogP) is 2.48. The molecule has 0 unspecified atom stereocenters. The summed E-state index contributed by atoms with van der Waals surface area (Å²) in [6, 6.07) is 7.49. The molecule has 0 aliphatic carbocycles. The van der Waals surface area contributed by atoms with Gasteiger partial charge in [0.15, 0.2) is 0 Å². The van der Waals surface area contributed by atoms with Gasteiger partial charge in [-0.1, -0.05) is 0 Å². The summed E-state index contributed by atoms with van der Waals surface area (Å²) in [7, 11) is 0. The molecule has 3 N–H and O–H groups in total. The van der Waals surface area contributed by atoms with Crippen LogP contribution < -0.4 is 10.6 Å². The number of carbonyl (C=O) groups is 1. The zero-order valence-corrected chi connectivity index (χ0v) is 10.4. The van der Waals surface area contributed by atoms with E-state index in [4.69, 9.17) is 0 Å². The monoisotopic (exact) mass is 244 g/mol. The van der Waals surface area contributed by atoms with Crippen LogP contribution in [0.25, 0.3) is 0 Å². The Bertz CT molecular complexity index is 502. The lowest BCUT2D eigenvalue weighted by Crippen LogP contribution is -2.13. The van der Waals surface area contributed by atoms with E-state index in [1.54, 1.807) is 24.5 Å². The molecule has 0 saturated heterocycles. The minimum atomic E-state index is -0.175. The molecule has 0 saturated carbocycles. The average molecular weight is 244 g/mol. The second kappa shape index (κ2) is 5.35. The van der Waals surface area contributed by atoms with Gasteiger partial charge in [0, 0.05) is 12.2 Å². The Hall–Kier alpha value is -2.30. The number of aromatic nitrogens is 2. The van der Waals surface area contributed by atoms with E-state index in [1.165, 1.54) is 0 Å². The fourth-order valence-electron chi connectivity index (χ4n) is 1.52. The van der Waals surface area contributed by atoms with Crippen molar-refractivity contribution in [1.29, 1.82) is 0 Å². The minimum Gasteiger partial charge on any atom is -0.368 e. The van der Waals surface area contributed by atoms with Crippen LogP contribution in [0, 0.1) is 0 Å². The fraction of sp³-hybridized carbons (Fsp3) is 0.231. The zero-order chi connectivity index (χ0) is 13.0. The number of H-pyrrole nitrogens is 1. The van der Waals surface area contributed by atoms with Crippen molar-refractivity contribution in [2.24, 2.45) is 0 Å². The molecule has 0 fully saturated rings. The van der Waals surface area contributed by atoms with Gasteiger partial charge in [0.1, 0.15) is 11.5 Å². The number of amides is 1. The number of hydrogen-bond donors (Lipinski definition) is 3. The molecule has 0 radical (unpaired) electrons. The van der Waals surface area contributed by atoms with Crippen LogP contribution in [0.4, 0.5) is 11.5 Å². The summed E-state index contributed by atoms with van der Waals surface area (Å²) >= 11 is 0. The van der Waals surface area contributed by atoms with Crippen molar-refractivity contribution in [3.05, 3.63) is 42.4 Å². The van der Waals surface area contributed by atoms with E-state index in [2.05, 4.69) is 20.6 Å². The highest BCUT2D eigenvalue weighted by molar-refractivity contribution is 6.02. The average Bonchev–Trinajstić information content (AvgIpc) is 2.84. The molecule has 2 rings (SSSR count). The van der Waals surface area contributed by atoms with Crippen molar-refractivity contribution in [2.45, 2.75) is 19.9 Å². The molecule has 2 aromatic heterocycles. The molecule has 0 spiro atoms. The first-order chi connectivity index (χ1) is 8.65. The van der Waals surface area contributed by atoms with Crippen LogP contribution in [0.15, 0.2) is 36.7 Å². The van der Waals surface area contributed by atoms with Crippen molar-refractivity contribution in [3.63, 3.8) is 0 Å². The number of carbonyl (C=O) groups excluding carboxylic acids is 1. The Labute approximate surface area is 106 Å². The molecule has 18 heavy (non-hydrogen) atoms. The van der Waals surface area contributed by atoms with Crippen LogP contribution >= 0.6 is 0 Å². The van der Waals surface area contributed by atoms with Crippen LogP contribution in [-0.2, 0) is 0 Å². The van der Waals surface area contributed by atoms with Crippen molar-refractivity contribution < 1.29 is 4.79 Å². The van der Waals surface area contributed by atoms with E-state index >= 15 is 0 Å². The Morgan fingerprint density at radius 2 is 2.17 bits per heavy atom. The van der Waals surface area contributed by atoms with E-state index in [-0.39, 0.29) is 5.91 Å². The third kappa shape index (κ3) is 3.10. The van der Waals surface area contributed by atoms with E-state index in [9.17, 15) is 4.79 Å². The Kier molecular flexibility index (Phi) is 3.62. The molecule has 94 valence electrons. The van der Waals surface area contributed by atoms with E-state index < -0.39 is 0 Å². The smallest absolute Gasteiger partial charge is 0.272 e. The summed E-state index contributed by atoms with van der Waals surface area (Å²) in [5.74, 6) is 0.620. The molecule has 0 bridgehead atoms. The minimum absolute atomic E-state index is 0.175. The molecule has 5 heteroatoms. The largest absolute Gasteiger partial charge is 0.368 e. The number of aromatic amines is 1. The number of anilines is 2. The van der Waals surface area contributed by atoms with Gasteiger partial charge in [-0.2, -0.15) is 0 Å². The second-order valence-corrected chi connectivity index (χ2v) is 4.27. The summed E-state index contributed by atoms with van der Waals surface area (Å²) in [4.78, 5) is 18.8. The lowest BCUT2D eigenvalue weighted by Gasteiger charge is -2.09. The molecule has 2 aromatic rings. The van der Waals surface area contributed by atoms with Gasteiger partial charge in [-0.05, 0) is 38.1 Å². The van der Waals surface area contributed by atoms with Gasteiger partial charge in [-0.3, -0.25) is 4.79 Å². The first-order valence-corrected chi connectivity index (χ1v) is 5.82. The van der Waals surface area contributed by atoms with Crippen LogP contribution in [0.1, 0.15) is 24.3 Å². The molecule has 0 atom stereocenters. The SMILES string of the molecule is CC(C)Nc1ccc(NC(=O)c2ccc[nH]2)cn1. The quantitative estimate of drug-likeness (QED) is 0.773. The second-order valence-electron chi connectivity index (χ2n) is 4.27. The first-order valence-electron chi connectivity index (χ1n) is 5.82. The standard InChI is InChI=1S/C13H16N4O/c1-9(2)16-12-6-5-10(8-15-12)17-13(18)11-4-3-7-14-11/h3-9,14H,1-2H3,(H,15,16)(H,17,18). The lowest BCUT2D eigenvalue weighted by molar-refractivity contribution is 0.102. The summed E-state index contributed by atoms with van der Waals surface area (Å²) < 4.78 is 0. The number of nitrogens with zero attached hydrogens (tertiary/aromatic N) is 1. The highest BCUT2D eigenvalue weighted by atomic mass is 16.1. The van der Waals surface area contributed by atoms with Gasteiger partial charge >= 0.3 is 0 Å². The molecule has 5 nitrogen and oxygen atoms in total. The summed E-state index contributed by atoms with van der Waals surface area (Å²) in [5, 5.41) is 5.95. The molecular formula is C13H16N4O. The van der Waals surface area contributed by atoms with Gasteiger partial charge in [-0.25, -0.2) is 4.98 Å². The van der Waals surface area contributed by atoms with Crippen molar-refractivity contribution in [3.8, 4) is 0 Å². The Morgan fingerprint density at radius 3 is 2.72 bits per heavy atom. The number of pyridine rings is 1. The van der Waals surface area contributed by atoms with Gasteiger partial charge < -0.3 is 15.6 Å². The predicted molar refractivity (Wildman–Crippen MR) is 71.7 cm³/mol. The first kappa shape index (κ1) is 12.2. The van der Waals surface area contributed by atoms with E-state index in [0.717, 1.165) is 5.82 Å². The summed E-state index contributed by atoms with van der Waals surface area (Å²) in [5.41, 5.74) is 1.20. The van der Waals surface area contributed by atoms with Gasteiger partial charge in [-0.15, -0.1) is 0 Å². The Morgan fingerprint density at radius 1 is 1.33 bits per heavy atom. The third-order valence-corrected chi connectivity index (χ3v) is 2.30. The maximum absolute atomic E-state index is 11.8. The highest BCUT2D eigenvalue weighted by Gasteiger charge is 2.06. The van der Waals surface area contributed by atoms with Gasteiger partial charge in [0.25, 0.3) is 5.91 Å². The maximum Gasteiger partial charge on any atom is 0.272 e. The third-order valence-electron chi connectivity index (χ3n) is 2.30. The van der Waals surface area contributed by atoms with Crippen LogP contribution in [0.2, 0.25) is 0 Å². The fourth-order valence-corrected chi connectivity index (χ4v) is 1.52. The van der Waals surface area contributed by atoms with Crippen molar-refractivity contribution >= 4 is 17.4 Å². The van der Waals surface area contributed by atoms with Gasteiger partial charge in [0.05, 0.1) is 11.9 Å². The van der Waals surface area contributed by atoms with Crippen molar-refractivity contribution in [1.82, 2.24) is 9.97 Å². The summed E-state index contributed by atoms with van der Waals surface area (Å²) in [6.07, 6.45) is 3.34. The van der Waals surface area contributed by atoms with Crippen LogP contribution in [0.3, 0.4) is 0 Å². The molecule has 0 aromatic carbocycles. The Balaban J connectivity index is 2.00. The molecule has 0 aliphatic heterocycles.